The summed E-state index contributed by atoms with van der Waals surface area (Å²) >= 11 is 0. The number of hydrogen-bond acceptors (Lipinski definition) is 6. The Morgan fingerprint density at radius 3 is 1.74 bits per heavy atom. The van der Waals surface area contributed by atoms with Crippen LogP contribution in [-0.4, -0.2) is 58.6 Å². The second-order valence-corrected chi connectivity index (χ2v) is 9.09. The van der Waals surface area contributed by atoms with Crippen LogP contribution in [0.2, 0.25) is 0 Å². The first-order chi connectivity index (χ1) is 18.7. The average Bonchev–Trinajstić information content (AvgIpc) is 2.93. The highest BCUT2D eigenvalue weighted by atomic mass is 16.4. The minimum absolute atomic E-state index is 0.0498. The molecule has 0 aliphatic rings. The molecule has 204 valence electrons. The van der Waals surface area contributed by atoms with Gasteiger partial charge in [-0.2, -0.15) is 0 Å². The normalized spacial score (nSPS) is 12.9. The predicted octanol–water partition coefficient (Wildman–Crippen LogP) is 0.918. The lowest BCUT2D eigenvalue weighted by molar-refractivity contribution is -0.141. The summed E-state index contributed by atoms with van der Waals surface area (Å²) in [5, 5.41) is 26.6. The maximum absolute atomic E-state index is 13.0. The van der Waals surface area contributed by atoms with Crippen LogP contribution in [0.3, 0.4) is 0 Å². The molecule has 3 aromatic carbocycles. The molecule has 0 fully saturated rings. The minimum atomic E-state index is -1.21. The number of benzene rings is 3. The maximum Gasteiger partial charge on any atom is 0.326 e. The van der Waals surface area contributed by atoms with E-state index in [1.54, 1.807) is 42.5 Å². The Morgan fingerprint density at radius 1 is 0.667 bits per heavy atom. The van der Waals surface area contributed by atoms with Crippen LogP contribution in [0.15, 0.2) is 84.9 Å². The molecule has 0 aliphatic heterocycles. The summed E-state index contributed by atoms with van der Waals surface area (Å²) in [7, 11) is 0. The average molecular weight is 533 g/mol. The standard InChI is InChI=1S/C29H32N4O6/c30-23(15-19-7-3-1-4-8-19)27(36)33-24(16-21-11-13-22(34)14-12-21)28(37)31-18-26(35)32-25(29(38)39)17-20-9-5-2-6-10-20/h1-14,23-25,34H,15-18,30H2,(H,31,37)(H,32,35)(H,33,36)(H,38,39). The molecule has 0 saturated heterocycles. The summed E-state index contributed by atoms with van der Waals surface area (Å²) in [4.78, 5) is 50.0. The molecule has 0 heterocycles. The maximum atomic E-state index is 13.0. The van der Waals surface area contributed by atoms with Gasteiger partial charge < -0.3 is 31.9 Å². The Kier molecular flexibility index (Phi) is 10.6. The highest BCUT2D eigenvalue weighted by molar-refractivity contribution is 5.92. The number of hydrogen-bond donors (Lipinski definition) is 6. The van der Waals surface area contributed by atoms with Crippen LogP contribution in [0, 0.1) is 0 Å². The van der Waals surface area contributed by atoms with Crippen LogP contribution in [0.25, 0.3) is 0 Å². The van der Waals surface area contributed by atoms with Gasteiger partial charge >= 0.3 is 5.97 Å². The zero-order valence-electron chi connectivity index (χ0n) is 21.2. The molecule has 0 spiro atoms. The van der Waals surface area contributed by atoms with E-state index in [-0.39, 0.29) is 25.0 Å². The smallest absolute Gasteiger partial charge is 0.326 e. The third-order valence-electron chi connectivity index (χ3n) is 5.98. The van der Waals surface area contributed by atoms with Gasteiger partial charge in [0.05, 0.1) is 12.6 Å². The number of carbonyl (C=O) groups is 4. The van der Waals surface area contributed by atoms with Crippen molar-refractivity contribution in [2.45, 2.75) is 37.4 Å². The summed E-state index contributed by atoms with van der Waals surface area (Å²) in [6.07, 6.45) is 0.415. The molecular weight excluding hydrogens is 500 g/mol. The van der Waals surface area contributed by atoms with E-state index in [0.717, 1.165) is 11.1 Å². The fourth-order valence-corrected chi connectivity index (χ4v) is 3.90. The Labute approximate surface area is 226 Å². The molecule has 0 aromatic heterocycles. The van der Waals surface area contributed by atoms with Gasteiger partial charge in [0.2, 0.25) is 17.7 Å². The number of aliphatic carboxylic acids is 1. The molecule has 3 rings (SSSR count). The lowest BCUT2D eigenvalue weighted by atomic mass is 10.0. The molecule has 3 atom stereocenters. The largest absolute Gasteiger partial charge is 0.508 e. The van der Waals surface area contributed by atoms with Crippen molar-refractivity contribution in [1.82, 2.24) is 16.0 Å². The number of phenolic OH excluding ortho intramolecular Hbond substituents is 1. The van der Waals surface area contributed by atoms with E-state index in [1.807, 2.05) is 30.3 Å². The number of carbonyl (C=O) groups excluding carboxylic acids is 3. The number of aromatic hydroxyl groups is 1. The van der Waals surface area contributed by atoms with Crippen molar-refractivity contribution in [3.8, 4) is 5.75 Å². The predicted molar refractivity (Wildman–Crippen MR) is 145 cm³/mol. The first-order valence-corrected chi connectivity index (χ1v) is 12.4. The molecule has 3 unspecified atom stereocenters. The SMILES string of the molecule is NC(Cc1ccccc1)C(=O)NC(Cc1ccc(O)cc1)C(=O)NCC(=O)NC(Cc1ccccc1)C(=O)O. The van der Waals surface area contributed by atoms with Crippen molar-refractivity contribution >= 4 is 23.7 Å². The number of nitrogens with one attached hydrogen (secondary N) is 3. The van der Waals surface area contributed by atoms with Crippen LogP contribution in [0.1, 0.15) is 16.7 Å². The third kappa shape index (κ3) is 9.60. The van der Waals surface area contributed by atoms with Gasteiger partial charge in [0.15, 0.2) is 0 Å². The van der Waals surface area contributed by atoms with E-state index in [0.29, 0.717) is 5.56 Å². The third-order valence-corrected chi connectivity index (χ3v) is 5.98. The Balaban J connectivity index is 1.62. The lowest BCUT2D eigenvalue weighted by Gasteiger charge is -2.21. The van der Waals surface area contributed by atoms with Crippen molar-refractivity contribution < 1.29 is 29.4 Å². The first-order valence-electron chi connectivity index (χ1n) is 12.4. The van der Waals surface area contributed by atoms with Gasteiger partial charge in [0.25, 0.3) is 0 Å². The lowest BCUT2D eigenvalue weighted by Crippen LogP contribution is -2.54. The summed E-state index contributed by atoms with van der Waals surface area (Å²) in [5.74, 6) is -3.04. The molecule has 39 heavy (non-hydrogen) atoms. The van der Waals surface area contributed by atoms with E-state index in [1.165, 1.54) is 12.1 Å². The highest BCUT2D eigenvalue weighted by Gasteiger charge is 2.26. The van der Waals surface area contributed by atoms with E-state index in [4.69, 9.17) is 5.73 Å². The molecule has 7 N–H and O–H groups in total. The van der Waals surface area contributed by atoms with Gasteiger partial charge in [0.1, 0.15) is 17.8 Å². The topological polar surface area (TPSA) is 171 Å². The number of phenols is 1. The Morgan fingerprint density at radius 2 is 1.18 bits per heavy atom. The van der Waals surface area contributed by atoms with Crippen LogP contribution >= 0.6 is 0 Å². The summed E-state index contributed by atoms with van der Waals surface area (Å²) in [6.45, 7) is -0.491. The summed E-state index contributed by atoms with van der Waals surface area (Å²) < 4.78 is 0. The molecule has 10 nitrogen and oxygen atoms in total. The summed E-state index contributed by atoms with van der Waals surface area (Å²) in [6, 6.07) is 21.0. The number of rotatable bonds is 13. The summed E-state index contributed by atoms with van der Waals surface area (Å²) in [5.41, 5.74) is 8.33. The van der Waals surface area contributed by atoms with E-state index in [9.17, 15) is 29.4 Å². The van der Waals surface area contributed by atoms with Gasteiger partial charge in [-0.05, 0) is 35.2 Å². The molecule has 3 aromatic rings. The zero-order valence-corrected chi connectivity index (χ0v) is 21.2. The van der Waals surface area contributed by atoms with Crippen LogP contribution in [0.4, 0.5) is 0 Å². The molecular formula is C29H32N4O6. The fraction of sp³-hybridized carbons (Fsp3) is 0.241. The van der Waals surface area contributed by atoms with E-state index < -0.39 is 48.4 Å². The quantitative estimate of drug-likeness (QED) is 0.190. The van der Waals surface area contributed by atoms with Crippen molar-refractivity contribution in [2.24, 2.45) is 5.73 Å². The fourth-order valence-electron chi connectivity index (χ4n) is 3.90. The molecule has 10 heteroatoms. The minimum Gasteiger partial charge on any atom is -0.508 e. The molecule has 0 bridgehead atoms. The second kappa shape index (κ2) is 14.3. The van der Waals surface area contributed by atoms with Gasteiger partial charge in [0, 0.05) is 12.8 Å². The Hall–Kier alpha value is -4.70. The monoisotopic (exact) mass is 532 g/mol. The highest BCUT2D eigenvalue weighted by Crippen LogP contribution is 2.12. The first kappa shape index (κ1) is 28.9. The van der Waals surface area contributed by atoms with Crippen molar-refractivity contribution in [3.63, 3.8) is 0 Å². The molecule has 3 amide bonds. The second-order valence-electron chi connectivity index (χ2n) is 9.09. The van der Waals surface area contributed by atoms with Crippen LogP contribution in [0.5, 0.6) is 5.75 Å². The number of amides is 3. The number of nitrogens with two attached hydrogens (primary N) is 1. The van der Waals surface area contributed by atoms with Crippen molar-refractivity contribution in [1.29, 1.82) is 0 Å². The Bertz CT molecular complexity index is 1250. The number of carboxylic acid groups (broad SMARTS) is 1. The van der Waals surface area contributed by atoms with Gasteiger partial charge in [-0.25, -0.2) is 4.79 Å². The van der Waals surface area contributed by atoms with Crippen LogP contribution in [-0.2, 0) is 38.4 Å². The van der Waals surface area contributed by atoms with Crippen LogP contribution < -0.4 is 21.7 Å². The van der Waals surface area contributed by atoms with Gasteiger partial charge in [-0.1, -0.05) is 72.8 Å². The van der Waals surface area contributed by atoms with Crippen molar-refractivity contribution in [3.05, 3.63) is 102 Å². The number of carboxylic acids is 1. The van der Waals surface area contributed by atoms with E-state index >= 15 is 0 Å². The van der Waals surface area contributed by atoms with Crippen molar-refractivity contribution in [2.75, 3.05) is 6.54 Å². The van der Waals surface area contributed by atoms with E-state index in [2.05, 4.69) is 16.0 Å². The zero-order chi connectivity index (χ0) is 28.2. The molecule has 0 saturated carbocycles. The molecule has 0 radical (unpaired) electrons. The molecule has 0 aliphatic carbocycles. The van der Waals surface area contributed by atoms with Gasteiger partial charge in [-0.15, -0.1) is 0 Å². The van der Waals surface area contributed by atoms with Gasteiger partial charge in [-0.3, -0.25) is 14.4 Å².